The molecule has 0 aromatic rings. The Hall–Kier alpha value is -1.06. The predicted octanol–water partition coefficient (Wildman–Crippen LogP) is 2.53. The van der Waals surface area contributed by atoms with E-state index in [1.165, 1.54) is 5.57 Å². The first-order valence-electron chi connectivity index (χ1n) is 6.69. The van der Waals surface area contributed by atoms with E-state index >= 15 is 0 Å². The van der Waals surface area contributed by atoms with Crippen LogP contribution in [0.3, 0.4) is 0 Å². The molecular weight excluding hydrogens is 222 g/mol. The van der Waals surface area contributed by atoms with Crippen molar-refractivity contribution in [2.45, 2.75) is 33.6 Å². The lowest BCUT2D eigenvalue weighted by Gasteiger charge is -2.20. The minimum Gasteiger partial charge on any atom is -0.379 e. The molecule has 0 rings (SSSR count). The Morgan fingerprint density at radius 2 is 2.17 bits per heavy atom. The summed E-state index contributed by atoms with van der Waals surface area (Å²) in [5.74, 6) is 0. The molecule has 0 radical (unpaired) electrons. The van der Waals surface area contributed by atoms with Crippen LogP contribution in [0.15, 0.2) is 36.6 Å². The highest BCUT2D eigenvalue weighted by Crippen LogP contribution is 2.26. The lowest BCUT2D eigenvalue weighted by atomic mass is 9.85. The molecule has 0 amide bonds. The molecule has 0 fully saturated rings. The maximum atomic E-state index is 5.37. The van der Waals surface area contributed by atoms with Crippen LogP contribution in [0.25, 0.3) is 0 Å². The average Bonchev–Trinajstić information content (AvgIpc) is 2.37. The monoisotopic (exact) mass is 251 g/mol. The van der Waals surface area contributed by atoms with Crippen molar-refractivity contribution in [2.75, 3.05) is 19.8 Å². The number of hydrogen-bond acceptors (Lipinski definition) is 3. The Morgan fingerprint density at radius 1 is 1.44 bits per heavy atom. The Kier molecular flexibility index (Phi) is 9.33. The summed E-state index contributed by atoms with van der Waals surface area (Å²) >= 11 is 0. The van der Waals surface area contributed by atoms with Crippen LogP contribution in [0.4, 0.5) is 0 Å². The van der Waals surface area contributed by atoms with E-state index in [9.17, 15) is 0 Å². The Morgan fingerprint density at radius 3 is 2.72 bits per heavy atom. The van der Waals surface area contributed by atoms with Crippen molar-refractivity contribution < 1.29 is 0 Å². The van der Waals surface area contributed by atoms with Crippen molar-refractivity contribution in [3.63, 3.8) is 0 Å². The van der Waals surface area contributed by atoms with Crippen LogP contribution < -0.4 is 16.4 Å². The minimum atomic E-state index is 0.119. The molecule has 104 valence electrons. The SMILES string of the molecule is C=CC(C)(/C=C(/C)C/C=C/NCNCCN)CC. The van der Waals surface area contributed by atoms with Gasteiger partial charge in [-0.05, 0) is 26.0 Å². The van der Waals surface area contributed by atoms with Gasteiger partial charge in [0, 0.05) is 18.5 Å². The van der Waals surface area contributed by atoms with E-state index in [-0.39, 0.29) is 5.41 Å². The zero-order chi connectivity index (χ0) is 13.9. The van der Waals surface area contributed by atoms with Gasteiger partial charge in [-0.2, -0.15) is 0 Å². The van der Waals surface area contributed by atoms with Gasteiger partial charge < -0.3 is 11.1 Å². The molecule has 0 aromatic carbocycles. The van der Waals surface area contributed by atoms with Gasteiger partial charge >= 0.3 is 0 Å². The third-order valence-electron chi connectivity index (χ3n) is 3.03. The van der Waals surface area contributed by atoms with Crippen molar-refractivity contribution in [1.82, 2.24) is 10.6 Å². The van der Waals surface area contributed by atoms with E-state index in [2.05, 4.69) is 50.1 Å². The van der Waals surface area contributed by atoms with Gasteiger partial charge in [-0.1, -0.05) is 37.6 Å². The summed E-state index contributed by atoms with van der Waals surface area (Å²) in [5.41, 5.74) is 6.86. The van der Waals surface area contributed by atoms with Crippen molar-refractivity contribution in [1.29, 1.82) is 0 Å². The van der Waals surface area contributed by atoms with Crippen LogP contribution in [0, 0.1) is 5.41 Å². The van der Waals surface area contributed by atoms with Crippen LogP contribution in [-0.4, -0.2) is 19.8 Å². The summed E-state index contributed by atoms with van der Waals surface area (Å²) in [7, 11) is 0. The Balaban J connectivity index is 3.94. The highest BCUT2D eigenvalue weighted by molar-refractivity contribution is 5.14. The predicted molar refractivity (Wildman–Crippen MR) is 81.2 cm³/mol. The van der Waals surface area contributed by atoms with Crippen LogP contribution >= 0.6 is 0 Å². The van der Waals surface area contributed by atoms with Gasteiger partial charge in [-0.25, -0.2) is 0 Å². The molecule has 1 atom stereocenters. The minimum absolute atomic E-state index is 0.119. The summed E-state index contributed by atoms with van der Waals surface area (Å²) < 4.78 is 0. The largest absolute Gasteiger partial charge is 0.379 e. The topological polar surface area (TPSA) is 50.1 Å². The lowest BCUT2D eigenvalue weighted by molar-refractivity contribution is 0.527. The summed E-state index contributed by atoms with van der Waals surface area (Å²) in [6.45, 7) is 12.7. The van der Waals surface area contributed by atoms with E-state index in [1.807, 2.05) is 12.3 Å². The van der Waals surface area contributed by atoms with E-state index in [0.29, 0.717) is 6.54 Å². The van der Waals surface area contributed by atoms with E-state index in [4.69, 9.17) is 5.73 Å². The fourth-order valence-electron chi connectivity index (χ4n) is 1.58. The number of nitrogens with one attached hydrogen (secondary N) is 2. The highest BCUT2D eigenvalue weighted by Gasteiger charge is 2.13. The maximum absolute atomic E-state index is 5.37. The van der Waals surface area contributed by atoms with Gasteiger partial charge in [0.25, 0.3) is 0 Å². The molecule has 0 saturated heterocycles. The second kappa shape index (κ2) is 9.92. The molecule has 0 aliphatic rings. The summed E-state index contributed by atoms with van der Waals surface area (Å²) in [6.07, 6.45) is 10.5. The molecule has 3 nitrogen and oxygen atoms in total. The highest BCUT2D eigenvalue weighted by atomic mass is 15.0. The first kappa shape index (κ1) is 16.9. The third-order valence-corrected chi connectivity index (χ3v) is 3.03. The molecule has 0 aromatic heterocycles. The van der Waals surface area contributed by atoms with Crippen molar-refractivity contribution >= 4 is 0 Å². The summed E-state index contributed by atoms with van der Waals surface area (Å²) in [4.78, 5) is 0. The van der Waals surface area contributed by atoms with Gasteiger partial charge in [-0.3, -0.25) is 5.32 Å². The molecule has 0 saturated carbocycles. The molecule has 3 heteroatoms. The summed E-state index contributed by atoms with van der Waals surface area (Å²) in [6, 6.07) is 0. The molecule has 0 spiro atoms. The van der Waals surface area contributed by atoms with Crippen molar-refractivity contribution in [2.24, 2.45) is 11.1 Å². The Labute approximate surface area is 112 Å². The molecule has 18 heavy (non-hydrogen) atoms. The van der Waals surface area contributed by atoms with Crippen LogP contribution in [0.5, 0.6) is 0 Å². The number of nitrogens with two attached hydrogens (primary N) is 1. The normalized spacial score (nSPS) is 15.7. The average molecular weight is 251 g/mol. The molecule has 0 aliphatic carbocycles. The fourth-order valence-corrected chi connectivity index (χ4v) is 1.58. The molecule has 1 unspecified atom stereocenters. The van der Waals surface area contributed by atoms with E-state index < -0.39 is 0 Å². The molecular formula is C15H29N3. The lowest BCUT2D eigenvalue weighted by Crippen LogP contribution is -2.29. The standard InChI is InChI=1S/C15H29N3/c1-5-15(4,6-2)12-14(3)8-7-10-17-13-18-11-9-16/h5,7,10,12,17-18H,1,6,8-9,11,13,16H2,2-4H3/b10-7+,14-12-. The number of hydrogen-bond donors (Lipinski definition) is 3. The third kappa shape index (κ3) is 8.09. The molecule has 0 aliphatic heterocycles. The van der Waals surface area contributed by atoms with E-state index in [1.54, 1.807) is 0 Å². The first-order chi connectivity index (χ1) is 8.58. The number of rotatable bonds is 10. The first-order valence-corrected chi connectivity index (χ1v) is 6.69. The quantitative estimate of drug-likeness (QED) is 0.318. The van der Waals surface area contributed by atoms with Gasteiger partial charge in [0.15, 0.2) is 0 Å². The fraction of sp³-hybridized carbons (Fsp3) is 0.600. The van der Waals surface area contributed by atoms with Gasteiger partial charge in [-0.15, -0.1) is 6.58 Å². The van der Waals surface area contributed by atoms with Gasteiger partial charge in [0.05, 0.1) is 6.67 Å². The van der Waals surface area contributed by atoms with Gasteiger partial charge in [0.1, 0.15) is 0 Å². The molecule has 0 heterocycles. The van der Waals surface area contributed by atoms with Crippen LogP contribution in [0.2, 0.25) is 0 Å². The molecule has 0 bridgehead atoms. The Bertz CT molecular complexity index is 281. The number of allylic oxidation sites excluding steroid dienone is 4. The summed E-state index contributed by atoms with van der Waals surface area (Å²) in [5, 5.41) is 6.34. The van der Waals surface area contributed by atoms with E-state index in [0.717, 1.165) is 26.1 Å². The molecule has 4 N–H and O–H groups in total. The zero-order valence-corrected chi connectivity index (χ0v) is 12.1. The zero-order valence-electron chi connectivity index (χ0n) is 12.1. The second-order valence-electron chi connectivity index (χ2n) is 4.83. The smallest absolute Gasteiger partial charge is 0.0648 e. The van der Waals surface area contributed by atoms with Crippen LogP contribution in [0.1, 0.15) is 33.6 Å². The van der Waals surface area contributed by atoms with Crippen molar-refractivity contribution in [3.05, 3.63) is 36.6 Å². The van der Waals surface area contributed by atoms with Crippen LogP contribution in [-0.2, 0) is 0 Å². The maximum Gasteiger partial charge on any atom is 0.0648 e. The van der Waals surface area contributed by atoms with Crippen molar-refractivity contribution in [3.8, 4) is 0 Å². The second-order valence-corrected chi connectivity index (χ2v) is 4.83. The van der Waals surface area contributed by atoms with Gasteiger partial charge in [0.2, 0.25) is 0 Å².